The topological polar surface area (TPSA) is 48.1 Å². The molecule has 0 unspecified atom stereocenters. The van der Waals surface area contributed by atoms with Gasteiger partial charge in [-0.3, -0.25) is 0 Å². The number of nitrogens with two attached hydrogens (primary N) is 1. The highest BCUT2D eigenvalue weighted by Crippen LogP contribution is 2.25. The molecule has 88 valence electrons. The first kappa shape index (κ1) is 11.9. The van der Waals surface area contributed by atoms with Crippen molar-refractivity contribution in [2.45, 2.75) is 6.42 Å². The maximum Gasteiger partial charge on any atom is 0.222 e. The Kier molecular flexibility index (Phi) is 3.96. The van der Waals surface area contributed by atoms with Gasteiger partial charge in [-0.1, -0.05) is 23.7 Å². The van der Waals surface area contributed by atoms with Crippen molar-refractivity contribution in [1.82, 2.24) is 4.98 Å². The highest BCUT2D eigenvalue weighted by atomic mass is 35.5. The largest absolute Gasteiger partial charge is 0.439 e. The minimum atomic E-state index is 0.567. The van der Waals surface area contributed by atoms with E-state index in [0.29, 0.717) is 23.2 Å². The Morgan fingerprint density at radius 1 is 1.24 bits per heavy atom. The minimum absolute atomic E-state index is 0.567. The van der Waals surface area contributed by atoms with Crippen LogP contribution < -0.4 is 10.5 Å². The summed E-state index contributed by atoms with van der Waals surface area (Å²) in [6.45, 7) is 0.567. The molecule has 0 spiro atoms. The van der Waals surface area contributed by atoms with Crippen LogP contribution in [0.5, 0.6) is 11.6 Å². The van der Waals surface area contributed by atoms with Gasteiger partial charge in [-0.15, -0.1) is 0 Å². The van der Waals surface area contributed by atoms with Gasteiger partial charge in [-0.25, -0.2) is 4.98 Å². The molecular formula is C13H13ClN2O. The molecule has 0 amide bonds. The average Bonchev–Trinajstić information content (AvgIpc) is 2.32. The molecule has 0 aliphatic heterocycles. The molecular weight excluding hydrogens is 236 g/mol. The molecule has 0 aliphatic rings. The Morgan fingerprint density at radius 3 is 2.88 bits per heavy atom. The third kappa shape index (κ3) is 3.19. The van der Waals surface area contributed by atoms with Crippen LogP contribution in [-0.2, 0) is 6.42 Å². The first-order valence-electron chi connectivity index (χ1n) is 5.37. The zero-order valence-corrected chi connectivity index (χ0v) is 10.0. The fourth-order valence-corrected chi connectivity index (χ4v) is 1.68. The van der Waals surface area contributed by atoms with Crippen LogP contribution in [0.1, 0.15) is 5.56 Å². The van der Waals surface area contributed by atoms with Crippen LogP contribution in [0.2, 0.25) is 5.02 Å². The molecule has 2 N–H and O–H groups in total. The number of ether oxygens (including phenoxy) is 1. The average molecular weight is 249 g/mol. The maximum absolute atomic E-state index is 5.89. The molecule has 0 aliphatic carbocycles. The molecule has 0 bridgehead atoms. The van der Waals surface area contributed by atoms with Gasteiger partial charge in [0, 0.05) is 16.8 Å². The van der Waals surface area contributed by atoms with E-state index in [4.69, 9.17) is 22.1 Å². The second-order valence-electron chi connectivity index (χ2n) is 3.57. The Bertz CT molecular complexity index is 502. The number of pyridine rings is 1. The van der Waals surface area contributed by atoms with Crippen molar-refractivity contribution in [2.24, 2.45) is 5.73 Å². The normalized spacial score (nSPS) is 10.2. The molecule has 0 fully saturated rings. The minimum Gasteiger partial charge on any atom is -0.439 e. The van der Waals surface area contributed by atoms with Crippen molar-refractivity contribution < 1.29 is 4.74 Å². The van der Waals surface area contributed by atoms with E-state index in [9.17, 15) is 0 Å². The summed E-state index contributed by atoms with van der Waals surface area (Å²) in [6, 6.07) is 11.1. The highest BCUT2D eigenvalue weighted by Gasteiger charge is 2.05. The van der Waals surface area contributed by atoms with E-state index in [1.54, 1.807) is 18.3 Å². The molecule has 2 rings (SSSR count). The van der Waals surface area contributed by atoms with Gasteiger partial charge in [0.05, 0.1) is 0 Å². The summed E-state index contributed by atoms with van der Waals surface area (Å²) in [6.07, 6.45) is 2.43. The lowest BCUT2D eigenvalue weighted by Crippen LogP contribution is -2.04. The van der Waals surface area contributed by atoms with Gasteiger partial charge in [0.15, 0.2) is 0 Å². The van der Waals surface area contributed by atoms with Crippen molar-refractivity contribution in [3.63, 3.8) is 0 Å². The van der Waals surface area contributed by atoms with Crippen molar-refractivity contribution >= 4 is 11.6 Å². The molecule has 4 heteroatoms. The standard InChI is InChI=1S/C13H13ClN2O/c14-11-4-1-5-12(9-11)17-13-10(6-7-15)3-2-8-16-13/h1-5,8-9H,6-7,15H2. The van der Waals surface area contributed by atoms with Crippen molar-refractivity contribution in [1.29, 1.82) is 0 Å². The Balaban J connectivity index is 2.23. The zero-order chi connectivity index (χ0) is 12.1. The zero-order valence-electron chi connectivity index (χ0n) is 9.27. The molecule has 0 radical (unpaired) electrons. The summed E-state index contributed by atoms with van der Waals surface area (Å²) >= 11 is 5.89. The summed E-state index contributed by atoms with van der Waals surface area (Å²) in [4.78, 5) is 4.20. The Labute approximate surface area is 105 Å². The Hall–Kier alpha value is -1.58. The van der Waals surface area contributed by atoms with E-state index >= 15 is 0 Å². The molecule has 3 nitrogen and oxygen atoms in total. The van der Waals surface area contributed by atoms with Crippen LogP contribution in [-0.4, -0.2) is 11.5 Å². The first-order valence-corrected chi connectivity index (χ1v) is 5.75. The van der Waals surface area contributed by atoms with Gasteiger partial charge in [-0.05, 0) is 37.2 Å². The molecule has 0 saturated heterocycles. The second-order valence-corrected chi connectivity index (χ2v) is 4.00. The van der Waals surface area contributed by atoms with Crippen molar-refractivity contribution in [2.75, 3.05) is 6.54 Å². The van der Waals surface area contributed by atoms with Crippen LogP contribution in [0.15, 0.2) is 42.6 Å². The van der Waals surface area contributed by atoms with Crippen LogP contribution in [0, 0.1) is 0 Å². The number of rotatable bonds is 4. The molecule has 1 aromatic carbocycles. The van der Waals surface area contributed by atoms with Gasteiger partial charge in [0.2, 0.25) is 5.88 Å². The fourth-order valence-electron chi connectivity index (χ4n) is 1.50. The molecule has 2 aromatic rings. The summed E-state index contributed by atoms with van der Waals surface area (Å²) in [5.41, 5.74) is 6.54. The van der Waals surface area contributed by atoms with Gasteiger partial charge < -0.3 is 10.5 Å². The van der Waals surface area contributed by atoms with Gasteiger partial charge in [0.1, 0.15) is 5.75 Å². The van der Waals surface area contributed by atoms with E-state index in [0.717, 1.165) is 12.0 Å². The lowest BCUT2D eigenvalue weighted by Gasteiger charge is -2.09. The summed E-state index contributed by atoms with van der Waals surface area (Å²) in [5.74, 6) is 1.26. The summed E-state index contributed by atoms with van der Waals surface area (Å²) in [7, 11) is 0. The molecule has 0 saturated carbocycles. The quantitative estimate of drug-likeness (QED) is 0.905. The lowest BCUT2D eigenvalue weighted by atomic mass is 10.2. The van der Waals surface area contributed by atoms with E-state index in [2.05, 4.69) is 4.98 Å². The molecule has 1 heterocycles. The number of halogens is 1. The Morgan fingerprint density at radius 2 is 2.12 bits per heavy atom. The van der Waals surface area contributed by atoms with Crippen LogP contribution in [0.3, 0.4) is 0 Å². The summed E-state index contributed by atoms with van der Waals surface area (Å²) in [5, 5.41) is 0.638. The van der Waals surface area contributed by atoms with E-state index in [1.807, 2.05) is 24.3 Å². The van der Waals surface area contributed by atoms with E-state index in [1.165, 1.54) is 0 Å². The third-order valence-electron chi connectivity index (χ3n) is 2.27. The van der Waals surface area contributed by atoms with Crippen molar-refractivity contribution in [3.05, 3.63) is 53.2 Å². The predicted molar refractivity (Wildman–Crippen MR) is 68.5 cm³/mol. The number of hydrogen-bond donors (Lipinski definition) is 1. The first-order chi connectivity index (χ1) is 8.29. The molecule has 1 aromatic heterocycles. The molecule has 0 atom stereocenters. The third-order valence-corrected chi connectivity index (χ3v) is 2.51. The highest BCUT2D eigenvalue weighted by molar-refractivity contribution is 6.30. The van der Waals surface area contributed by atoms with Crippen LogP contribution in [0.4, 0.5) is 0 Å². The van der Waals surface area contributed by atoms with Gasteiger partial charge in [0.25, 0.3) is 0 Å². The number of nitrogens with zero attached hydrogens (tertiary/aromatic N) is 1. The molecule has 17 heavy (non-hydrogen) atoms. The maximum atomic E-state index is 5.89. The number of aromatic nitrogens is 1. The smallest absolute Gasteiger partial charge is 0.222 e. The summed E-state index contributed by atoms with van der Waals surface area (Å²) < 4.78 is 5.69. The fraction of sp³-hybridized carbons (Fsp3) is 0.154. The number of hydrogen-bond acceptors (Lipinski definition) is 3. The van der Waals surface area contributed by atoms with Crippen LogP contribution in [0.25, 0.3) is 0 Å². The lowest BCUT2D eigenvalue weighted by molar-refractivity contribution is 0.456. The number of benzene rings is 1. The van der Waals surface area contributed by atoms with Gasteiger partial charge >= 0.3 is 0 Å². The van der Waals surface area contributed by atoms with Crippen LogP contribution >= 0.6 is 11.6 Å². The van der Waals surface area contributed by atoms with Crippen molar-refractivity contribution in [3.8, 4) is 11.6 Å². The van der Waals surface area contributed by atoms with E-state index in [-0.39, 0.29) is 0 Å². The van der Waals surface area contributed by atoms with E-state index < -0.39 is 0 Å². The monoisotopic (exact) mass is 248 g/mol. The van der Waals surface area contributed by atoms with Gasteiger partial charge in [-0.2, -0.15) is 0 Å². The SMILES string of the molecule is NCCc1cccnc1Oc1cccc(Cl)c1. The predicted octanol–water partition coefficient (Wildman–Crippen LogP) is 3.03. The second kappa shape index (κ2) is 5.66.